The van der Waals surface area contributed by atoms with Crippen LogP contribution in [0.25, 0.3) is 21.8 Å². The number of nitrogens with zero attached hydrogens (tertiary/aromatic N) is 9. The van der Waals surface area contributed by atoms with Crippen LogP contribution in [0.3, 0.4) is 0 Å². The number of para-hydroxylation sites is 2. The molecule has 0 saturated carbocycles. The molecule has 0 saturated heterocycles. The SMILES string of the molecule is COc1cc(CCCCCc2cccnc2)ccn1.COc1cc(CN(CCCc2cccnc2)Cc2nn(C)c3ccccc3c2=O)ccn1.Cn1nc(CO)c(=O)c2ccccc21. The Morgan fingerprint density at radius 1 is 0.554 bits per heavy atom. The van der Waals surface area contributed by atoms with Crippen molar-refractivity contribution in [1.82, 2.24) is 44.4 Å². The van der Waals surface area contributed by atoms with Gasteiger partial charge in [-0.05, 0) is 116 Å². The lowest BCUT2D eigenvalue weighted by Gasteiger charge is -2.22. The molecule has 0 unspecified atom stereocenters. The summed E-state index contributed by atoms with van der Waals surface area (Å²) in [5.74, 6) is 1.28. The lowest BCUT2D eigenvalue weighted by atomic mass is 10.1. The Bertz CT molecular complexity index is 2840. The van der Waals surface area contributed by atoms with Gasteiger partial charge in [-0.3, -0.25) is 33.8 Å². The van der Waals surface area contributed by atoms with Crippen LogP contribution in [0, 0.1) is 0 Å². The topological polar surface area (TPSA) is 163 Å². The summed E-state index contributed by atoms with van der Waals surface area (Å²) < 4.78 is 13.8. The Labute approximate surface area is 379 Å². The van der Waals surface area contributed by atoms with Crippen molar-refractivity contribution in [2.45, 2.75) is 64.6 Å². The summed E-state index contributed by atoms with van der Waals surface area (Å²) in [5, 5.41) is 18.8. The molecule has 14 heteroatoms. The molecule has 0 radical (unpaired) electrons. The summed E-state index contributed by atoms with van der Waals surface area (Å²) >= 11 is 0. The second kappa shape index (κ2) is 24.6. The summed E-state index contributed by atoms with van der Waals surface area (Å²) in [6, 6.07) is 31.0. The molecule has 0 atom stereocenters. The highest BCUT2D eigenvalue weighted by Crippen LogP contribution is 2.16. The first-order valence-corrected chi connectivity index (χ1v) is 21.7. The molecule has 65 heavy (non-hydrogen) atoms. The molecule has 0 bridgehead atoms. The molecule has 0 spiro atoms. The highest BCUT2D eigenvalue weighted by Gasteiger charge is 2.15. The second-order valence-electron chi connectivity index (χ2n) is 15.5. The van der Waals surface area contributed by atoms with Crippen molar-refractivity contribution in [3.63, 3.8) is 0 Å². The van der Waals surface area contributed by atoms with Crippen molar-refractivity contribution in [2.75, 3.05) is 20.8 Å². The zero-order chi connectivity index (χ0) is 45.8. The number of rotatable bonds is 17. The number of hydrogen-bond donors (Lipinski definition) is 1. The zero-order valence-electron chi connectivity index (χ0n) is 37.6. The normalized spacial score (nSPS) is 10.9. The minimum Gasteiger partial charge on any atom is -0.481 e. The van der Waals surface area contributed by atoms with E-state index in [1.54, 1.807) is 55.2 Å². The van der Waals surface area contributed by atoms with Gasteiger partial charge in [0.1, 0.15) is 11.4 Å². The van der Waals surface area contributed by atoms with E-state index in [4.69, 9.17) is 14.6 Å². The Morgan fingerprint density at radius 3 is 1.62 bits per heavy atom. The van der Waals surface area contributed by atoms with Crippen LogP contribution in [0.5, 0.6) is 11.8 Å². The average Bonchev–Trinajstić information content (AvgIpc) is 3.35. The molecule has 336 valence electrons. The average molecular weight is 876 g/mol. The maximum atomic E-state index is 13.1. The van der Waals surface area contributed by atoms with Gasteiger partial charge < -0.3 is 14.6 Å². The molecule has 1 N–H and O–H groups in total. The molecule has 2 aromatic carbocycles. The minimum atomic E-state index is -0.322. The fourth-order valence-corrected chi connectivity index (χ4v) is 7.47. The molecule has 0 aliphatic heterocycles. The summed E-state index contributed by atoms with van der Waals surface area (Å²) in [4.78, 5) is 43.7. The second-order valence-corrected chi connectivity index (χ2v) is 15.5. The van der Waals surface area contributed by atoms with Gasteiger partial charge in [-0.25, -0.2) is 9.97 Å². The van der Waals surface area contributed by atoms with Crippen LogP contribution < -0.4 is 20.3 Å². The number of unbranched alkanes of at least 4 members (excludes halogenated alkanes) is 2. The van der Waals surface area contributed by atoms with Crippen LogP contribution in [-0.4, -0.2) is 70.3 Å². The van der Waals surface area contributed by atoms with Crippen molar-refractivity contribution in [2.24, 2.45) is 14.1 Å². The third kappa shape index (κ3) is 13.9. The number of ether oxygens (including phenoxy) is 2. The van der Waals surface area contributed by atoms with Gasteiger partial charge in [0.05, 0.1) is 31.9 Å². The van der Waals surface area contributed by atoms with Gasteiger partial charge in [-0.1, -0.05) is 42.8 Å². The third-order valence-corrected chi connectivity index (χ3v) is 10.8. The van der Waals surface area contributed by atoms with Crippen LogP contribution in [0.15, 0.2) is 144 Å². The van der Waals surface area contributed by atoms with Crippen LogP contribution in [0.1, 0.15) is 59.3 Å². The smallest absolute Gasteiger partial charge is 0.213 e. The molecule has 0 aliphatic carbocycles. The molecule has 8 rings (SSSR count). The molecular formula is C51H57N9O5. The third-order valence-electron chi connectivity index (χ3n) is 10.8. The van der Waals surface area contributed by atoms with Gasteiger partial charge in [0.15, 0.2) is 0 Å². The Hall–Kier alpha value is -7.16. The number of pyridine rings is 4. The van der Waals surface area contributed by atoms with Gasteiger partial charge in [-0.15, -0.1) is 0 Å². The maximum absolute atomic E-state index is 13.1. The monoisotopic (exact) mass is 875 g/mol. The number of aromatic nitrogens is 8. The molecule has 0 fully saturated rings. The molecule has 6 heterocycles. The van der Waals surface area contributed by atoms with Crippen molar-refractivity contribution in [3.05, 3.63) is 188 Å². The van der Waals surface area contributed by atoms with E-state index in [9.17, 15) is 9.59 Å². The van der Waals surface area contributed by atoms with Crippen molar-refractivity contribution < 1.29 is 14.6 Å². The van der Waals surface area contributed by atoms with Gasteiger partial charge in [0.25, 0.3) is 0 Å². The predicted molar refractivity (Wildman–Crippen MR) is 254 cm³/mol. The van der Waals surface area contributed by atoms with Crippen LogP contribution in [-0.2, 0) is 53.1 Å². The molecule has 6 aromatic heterocycles. The Kier molecular flexibility index (Phi) is 17.9. The van der Waals surface area contributed by atoms with E-state index in [-0.39, 0.29) is 23.2 Å². The van der Waals surface area contributed by atoms with Gasteiger partial charge >= 0.3 is 0 Å². The number of aliphatic hydroxyl groups is 1. The number of aliphatic hydroxyl groups excluding tert-OH is 1. The lowest BCUT2D eigenvalue weighted by molar-refractivity contribution is 0.247. The number of aryl methyl sites for hydroxylation is 5. The first kappa shape index (κ1) is 47.3. The van der Waals surface area contributed by atoms with Crippen molar-refractivity contribution >= 4 is 21.8 Å². The largest absolute Gasteiger partial charge is 0.481 e. The summed E-state index contributed by atoms with van der Waals surface area (Å²) in [6.45, 7) is 1.63. The number of fused-ring (bicyclic) bond motifs is 2. The first-order chi connectivity index (χ1) is 31.8. The summed E-state index contributed by atoms with van der Waals surface area (Å²) in [6.07, 6.45) is 18.7. The van der Waals surface area contributed by atoms with E-state index >= 15 is 0 Å². The quantitative estimate of drug-likeness (QED) is 0.0915. The fourth-order valence-electron chi connectivity index (χ4n) is 7.47. The van der Waals surface area contributed by atoms with Gasteiger partial charge in [0, 0.05) is 87.3 Å². The molecular weight excluding hydrogens is 819 g/mol. The molecule has 0 amide bonds. The van der Waals surface area contributed by atoms with Crippen LogP contribution >= 0.6 is 0 Å². The highest BCUT2D eigenvalue weighted by molar-refractivity contribution is 5.79. The predicted octanol–water partition coefficient (Wildman–Crippen LogP) is 7.23. The molecule has 14 nitrogen and oxygen atoms in total. The van der Waals surface area contributed by atoms with E-state index in [1.807, 2.05) is 98.6 Å². The van der Waals surface area contributed by atoms with E-state index in [0.29, 0.717) is 41.3 Å². The fraction of sp³-hybridized carbons (Fsp3) is 0.294. The zero-order valence-corrected chi connectivity index (χ0v) is 37.6. The lowest BCUT2D eigenvalue weighted by Crippen LogP contribution is -2.29. The molecule has 8 aromatic rings. The van der Waals surface area contributed by atoms with Gasteiger partial charge in [-0.2, -0.15) is 10.2 Å². The Morgan fingerprint density at radius 2 is 1.06 bits per heavy atom. The van der Waals surface area contributed by atoms with Gasteiger partial charge in [0.2, 0.25) is 22.6 Å². The maximum Gasteiger partial charge on any atom is 0.213 e. The van der Waals surface area contributed by atoms with E-state index in [0.717, 1.165) is 48.8 Å². The minimum absolute atomic E-state index is 0.0109. The highest BCUT2D eigenvalue weighted by atomic mass is 16.5. The van der Waals surface area contributed by atoms with Crippen molar-refractivity contribution in [1.29, 1.82) is 0 Å². The Balaban J connectivity index is 0.000000179. The molecule has 0 aliphatic rings. The van der Waals surface area contributed by atoms with E-state index < -0.39 is 0 Å². The number of hydrogen-bond acceptors (Lipinski definition) is 12. The summed E-state index contributed by atoms with van der Waals surface area (Å²) in [7, 11) is 6.90. The first-order valence-electron chi connectivity index (χ1n) is 21.7. The van der Waals surface area contributed by atoms with Crippen LogP contribution in [0.2, 0.25) is 0 Å². The van der Waals surface area contributed by atoms with E-state index in [1.165, 1.54) is 36.0 Å². The standard InChI is InChI=1S/C25H27N5O2.C16H20N2O.C10H10N2O2/c1-29-23-10-4-3-9-21(23)25(31)22(28-29)18-30(14-6-8-19-7-5-12-26-16-19)17-20-11-13-27-24(15-20)32-2;1-19-16-12-14(9-11-18-16)6-3-2-4-7-15-8-5-10-17-13-15;1-12-9-5-3-2-4-7(9)10(14)8(6-13)11-12/h3-5,7,9-13,15-16H,6,8,14,17-18H2,1-2H3;5,8-13H,2-4,6-7H2,1H3;2-5,13H,6H2,1H3. The van der Waals surface area contributed by atoms with Crippen LogP contribution in [0.4, 0.5) is 0 Å². The van der Waals surface area contributed by atoms with E-state index in [2.05, 4.69) is 53.2 Å². The number of methoxy groups -OCH3 is 2. The van der Waals surface area contributed by atoms with Crippen molar-refractivity contribution in [3.8, 4) is 11.8 Å². The number of benzene rings is 2. The summed E-state index contributed by atoms with van der Waals surface area (Å²) in [5.41, 5.74) is 7.05.